The van der Waals surface area contributed by atoms with E-state index in [1.807, 2.05) is 28.8 Å². The second-order valence-corrected chi connectivity index (χ2v) is 6.54. The van der Waals surface area contributed by atoms with Gasteiger partial charge in [0, 0.05) is 19.2 Å². The number of hydrogen-bond donors (Lipinski definition) is 1. The maximum Gasteiger partial charge on any atom is 0.240 e. The summed E-state index contributed by atoms with van der Waals surface area (Å²) in [5, 5.41) is 0. The number of hydrogen-bond acceptors (Lipinski definition) is 3. The quantitative estimate of drug-likeness (QED) is 0.782. The second kappa shape index (κ2) is 5.86. The summed E-state index contributed by atoms with van der Waals surface area (Å²) >= 11 is 0. The van der Waals surface area contributed by atoms with E-state index in [9.17, 15) is 12.8 Å². The number of nitrogens with zero attached hydrogens (tertiary/aromatic N) is 2. The lowest BCUT2D eigenvalue weighted by Crippen LogP contribution is -2.26. The number of rotatable bonds is 5. The zero-order valence-electron chi connectivity index (χ0n) is 11.6. The van der Waals surface area contributed by atoms with Gasteiger partial charge in [0.1, 0.15) is 11.6 Å². The van der Waals surface area contributed by atoms with E-state index in [1.54, 1.807) is 6.20 Å². The lowest BCUT2D eigenvalue weighted by Gasteiger charge is -2.06. The SMILES string of the molecule is O=S(=O)(NCCc1ncc2ccccn12)c1ccc(F)cc1. The van der Waals surface area contributed by atoms with Gasteiger partial charge in [-0.2, -0.15) is 0 Å². The Morgan fingerprint density at radius 1 is 1.14 bits per heavy atom. The molecule has 3 rings (SSSR count). The van der Waals surface area contributed by atoms with E-state index in [-0.39, 0.29) is 11.4 Å². The first kappa shape index (κ1) is 14.7. The van der Waals surface area contributed by atoms with Gasteiger partial charge in [0.25, 0.3) is 0 Å². The molecule has 3 aromatic rings. The van der Waals surface area contributed by atoms with Crippen LogP contribution in [0.3, 0.4) is 0 Å². The topological polar surface area (TPSA) is 63.5 Å². The Bertz CT molecular complexity index is 889. The van der Waals surface area contributed by atoms with Crippen LogP contribution in [0.2, 0.25) is 0 Å². The number of aromatic nitrogens is 2. The molecule has 0 saturated heterocycles. The van der Waals surface area contributed by atoms with Gasteiger partial charge in [0.15, 0.2) is 0 Å². The van der Waals surface area contributed by atoms with E-state index >= 15 is 0 Å². The Hall–Kier alpha value is -2.25. The van der Waals surface area contributed by atoms with Crippen molar-refractivity contribution in [2.45, 2.75) is 11.3 Å². The summed E-state index contributed by atoms with van der Waals surface area (Å²) in [6, 6.07) is 10.5. The van der Waals surface area contributed by atoms with Gasteiger partial charge in [-0.1, -0.05) is 6.07 Å². The molecule has 0 aliphatic rings. The summed E-state index contributed by atoms with van der Waals surface area (Å²) in [4.78, 5) is 4.32. The van der Waals surface area contributed by atoms with Crippen LogP contribution in [0.15, 0.2) is 59.8 Å². The van der Waals surface area contributed by atoms with Crippen molar-refractivity contribution < 1.29 is 12.8 Å². The van der Waals surface area contributed by atoms with Crippen LogP contribution in [0, 0.1) is 5.82 Å². The molecule has 1 aromatic carbocycles. The second-order valence-electron chi connectivity index (χ2n) is 4.77. The summed E-state index contributed by atoms with van der Waals surface area (Å²) in [5.74, 6) is 0.306. The maximum absolute atomic E-state index is 12.8. The van der Waals surface area contributed by atoms with Gasteiger partial charge in [0.2, 0.25) is 10.0 Å². The molecule has 0 bridgehead atoms. The molecule has 0 atom stereocenters. The van der Waals surface area contributed by atoms with Crippen molar-refractivity contribution in [3.63, 3.8) is 0 Å². The lowest BCUT2D eigenvalue weighted by atomic mass is 10.4. The Morgan fingerprint density at radius 3 is 2.68 bits per heavy atom. The van der Waals surface area contributed by atoms with Gasteiger partial charge in [-0.25, -0.2) is 22.5 Å². The highest BCUT2D eigenvalue weighted by Crippen LogP contribution is 2.10. The molecule has 114 valence electrons. The fraction of sp³-hybridized carbons (Fsp3) is 0.133. The van der Waals surface area contributed by atoms with Crippen LogP contribution >= 0.6 is 0 Å². The average molecular weight is 319 g/mol. The number of halogens is 1. The van der Waals surface area contributed by atoms with Crippen molar-refractivity contribution in [2.24, 2.45) is 0 Å². The standard InChI is InChI=1S/C15H14FN3O2S/c16-12-4-6-14(7-5-12)22(20,21)18-9-8-15-17-11-13-3-1-2-10-19(13)15/h1-7,10-11,18H,8-9H2. The molecule has 2 heterocycles. The molecule has 0 spiro atoms. The monoisotopic (exact) mass is 319 g/mol. The Kier molecular flexibility index (Phi) is 3.91. The molecule has 0 unspecified atom stereocenters. The highest BCUT2D eigenvalue weighted by atomic mass is 32.2. The molecule has 5 nitrogen and oxygen atoms in total. The molecule has 2 aromatic heterocycles. The fourth-order valence-corrected chi connectivity index (χ4v) is 3.21. The molecular weight excluding hydrogens is 305 g/mol. The average Bonchev–Trinajstić information content (AvgIpc) is 2.91. The molecule has 0 amide bonds. The van der Waals surface area contributed by atoms with Crippen molar-refractivity contribution in [3.8, 4) is 0 Å². The Labute approximate surface area is 127 Å². The summed E-state index contributed by atoms with van der Waals surface area (Å²) in [6.45, 7) is 0.216. The highest BCUT2D eigenvalue weighted by molar-refractivity contribution is 7.89. The Balaban J connectivity index is 1.68. The van der Waals surface area contributed by atoms with Crippen LogP contribution in [-0.4, -0.2) is 24.3 Å². The van der Waals surface area contributed by atoms with E-state index < -0.39 is 15.8 Å². The molecule has 7 heteroatoms. The predicted molar refractivity (Wildman–Crippen MR) is 80.5 cm³/mol. The predicted octanol–water partition coefficient (Wildman–Crippen LogP) is 1.99. The maximum atomic E-state index is 12.8. The fourth-order valence-electron chi connectivity index (χ4n) is 2.18. The summed E-state index contributed by atoms with van der Waals surface area (Å²) in [6.07, 6.45) is 4.08. The van der Waals surface area contributed by atoms with Crippen molar-refractivity contribution in [1.82, 2.24) is 14.1 Å². The van der Waals surface area contributed by atoms with Crippen LogP contribution < -0.4 is 4.72 Å². The number of benzene rings is 1. The first-order chi connectivity index (χ1) is 10.6. The number of pyridine rings is 1. The van der Waals surface area contributed by atoms with E-state index in [4.69, 9.17) is 0 Å². The minimum atomic E-state index is -3.64. The van der Waals surface area contributed by atoms with E-state index in [2.05, 4.69) is 9.71 Å². The smallest absolute Gasteiger partial charge is 0.240 e. The third kappa shape index (κ3) is 3.00. The molecule has 0 fully saturated rings. The summed E-state index contributed by atoms with van der Waals surface area (Å²) in [7, 11) is -3.64. The number of fused-ring (bicyclic) bond motifs is 1. The Morgan fingerprint density at radius 2 is 1.91 bits per heavy atom. The minimum absolute atomic E-state index is 0.0434. The molecule has 0 radical (unpaired) electrons. The van der Waals surface area contributed by atoms with E-state index in [0.717, 1.165) is 23.5 Å². The summed E-state index contributed by atoms with van der Waals surface area (Å²) < 4.78 is 41.4. The van der Waals surface area contributed by atoms with Gasteiger partial charge in [0.05, 0.1) is 16.6 Å². The summed E-state index contributed by atoms with van der Waals surface area (Å²) in [5.41, 5.74) is 0.957. The zero-order valence-corrected chi connectivity index (χ0v) is 12.4. The van der Waals surface area contributed by atoms with E-state index in [0.29, 0.717) is 6.42 Å². The third-order valence-corrected chi connectivity index (χ3v) is 4.76. The van der Waals surface area contributed by atoms with Crippen LogP contribution in [0.4, 0.5) is 4.39 Å². The van der Waals surface area contributed by atoms with Crippen LogP contribution in [0.5, 0.6) is 0 Å². The first-order valence-corrected chi connectivity index (χ1v) is 8.21. The van der Waals surface area contributed by atoms with Gasteiger partial charge in [-0.3, -0.25) is 0 Å². The highest BCUT2D eigenvalue weighted by Gasteiger charge is 2.13. The number of imidazole rings is 1. The van der Waals surface area contributed by atoms with Crippen LogP contribution in [-0.2, 0) is 16.4 Å². The number of sulfonamides is 1. The molecule has 1 N–H and O–H groups in total. The van der Waals surface area contributed by atoms with E-state index in [1.165, 1.54) is 12.1 Å². The first-order valence-electron chi connectivity index (χ1n) is 6.72. The number of nitrogens with one attached hydrogen (secondary N) is 1. The van der Waals surface area contributed by atoms with Crippen molar-refractivity contribution >= 4 is 15.5 Å². The van der Waals surface area contributed by atoms with Crippen molar-refractivity contribution in [1.29, 1.82) is 0 Å². The molecule has 0 aliphatic heterocycles. The third-order valence-electron chi connectivity index (χ3n) is 3.28. The van der Waals surface area contributed by atoms with Crippen molar-refractivity contribution in [2.75, 3.05) is 6.54 Å². The largest absolute Gasteiger partial charge is 0.304 e. The van der Waals surface area contributed by atoms with Crippen molar-refractivity contribution in [3.05, 3.63) is 66.5 Å². The minimum Gasteiger partial charge on any atom is -0.304 e. The molecular formula is C15H14FN3O2S. The van der Waals surface area contributed by atoms with Gasteiger partial charge >= 0.3 is 0 Å². The molecule has 0 saturated carbocycles. The lowest BCUT2D eigenvalue weighted by molar-refractivity contribution is 0.580. The molecule has 22 heavy (non-hydrogen) atoms. The molecule has 0 aliphatic carbocycles. The zero-order chi connectivity index (χ0) is 15.6. The van der Waals surface area contributed by atoms with Gasteiger partial charge in [-0.05, 0) is 36.4 Å². The van der Waals surface area contributed by atoms with Crippen LogP contribution in [0.1, 0.15) is 5.82 Å². The van der Waals surface area contributed by atoms with Gasteiger partial charge < -0.3 is 4.40 Å². The normalized spacial score (nSPS) is 11.9. The van der Waals surface area contributed by atoms with Crippen LogP contribution in [0.25, 0.3) is 5.52 Å². The van der Waals surface area contributed by atoms with Gasteiger partial charge in [-0.15, -0.1) is 0 Å².